The number of nitrogens with one attached hydrogen (secondary N) is 2. The molecule has 6 heteroatoms. The molecule has 0 spiro atoms. The molecule has 2 heterocycles. The molecule has 3 N–H and O–H groups in total. The first-order valence-electron chi connectivity index (χ1n) is 5.60. The normalized spacial score (nSPS) is 10.4. The van der Waals surface area contributed by atoms with Gasteiger partial charge in [0, 0.05) is 30.7 Å². The maximum atomic E-state index is 11.9. The number of pyridine rings is 1. The van der Waals surface area contributed by atoms with Crippen LogP contribution in [0.2, 0.25) is 0 Å². The summed E-state index contributed by atoms with van der Waals surface area (Å²) in [6, 6.07) is 3.57. The lowest BCUT2D eigenvalue weighted by Gasteiger charge is -2.02. The molecule has 6 nitrogen and oxygen atoms in total. The molecule has 94 valence electrons. The van der Waals surface area contributed by atoms with Gasteiger partial charge in [0.1, 0.15) is 5.65 Å². The molecule has 2 aromatic rings. The van der Waals surface area contributed by atoms with Crippen LogP contribution < -0.4 is 5.32 Å². The van der Waals surface area contributed by atoms with Crippen molar-refractivity contribution in [3.63, 3.8) is 0 Å². The third-order valence-corrected chi connectivity index (χ3v) is 2.55. The van der Waals surface area contributed by atoms with E-state index in [1.165, 1.54) is 0 Å². The number of carbonyl (C=O) groups excluding carboxylic acids is 1. The number of aromatic amines is 1. The standard InChI is InChI=1S/C12H13N3O3/c16-10(17)4-2-6-14-12(18)9-7-15-11-8(9)3-1-5-13-11/h1,3,5,7H,2,4,6H2,(H,13,15)(H,14,18)(H,16,17). The van der Waals surface area contributed by atoms with E-state index in [0.29, 0.717) is 24.2 Å². The summed E-state index contributed by atoms with van der Waals surface area (Å²) in [7, 11) is 0. The third kappa shape index (κ3) is 2.65. The number of aliphatic carboxylic acids is 1. The molecule has 0 bridgehead atoms. The van der Waals surface area contributed by atoms with Gasteiger partial charge in [-0.1, -0.05) is 0 Å². The fourth-order valence-corrected chi connectivity index (χ4v) is 1.68. The molecule has 1 amide bonds. The molecule has 2 rings (SSSR count). The summed E-state index contributed by atoms with van der Waals surface area (Å²) in [6.45, 7) is 0.345. The molecule has 0 radical (unpaired) electrons. The Kier molecular flexibility index (Phi) is 3.57. The first-order valence-corrected chi connectivity index (χ1v) is 5.60. The first-order chi connectivity index (χ1) is 8.68. The van der Waals surface area contributed by atoms with E-state index in [1.54, 1.807) is 18.5 Å². The summed E-state index contributed by atoms with van der Waals surface area (Å²) in [6.07, 6.45) is 3.72. The topological polar surface area (TPSA) is 95.1 Å². The van der Waals surface area contributed by atoms with Gasteiger partial charge in [0.05, 0.1) is 5.56 Å². The molecule has 0 aliphatic rings. The van der Waals surface area contributed by atoms with Crippen molar-refractivity contribution < 1.29 is 14.7 Å². The average molecular weight is 247 g/mol. The van der Waals surface area contributed by atoms with Gasteiger partial charge in [0.2, 0.25) is 0 Å². The minimum atomic E-state index is -0.861. The third-order valence-electron chi connectivity index (χ3n) is 2.55. The number of hydrogen-bond acceptors (Lipinski definition) is 3. The lowest BCUT2D eigenvalue weighted by Crippen LogP contribution is -2.24. The van der Waals surface area contributed by atoms with E-state index in [-0.39, 0.29) is 12.3 Å². The zero-order chi connectivity index (χ0) is 13.0. The van der Waals surface area contributed by atoms with Gasteiger partial charge in [0.25, 0.3) is 5.91 Å². The van der Waals surface area contributed by atoms with E-state index in [4.69, 9.17) is 5.11 Å². The van der Waals surface area contributed by atoms with Gasteiger partial charge >= 0.3 is 5.97 Å². The van der Waals surface area contributed by atoms with Crippen molar-refractivity contribution in [3.8, 4) is 0 Å². The molecule has 0 saturated carbocycles. The monoisotopic (exact) mass is 247 g/mol. The van der Waals surface area contributed by atoms with Gasteiger partial charge in [-0.3, -0.25) is 9.59 Å². The van der Waals surface area contributed by atoms with E-state index >= 15 is 0 Å². The van der Waals surface area contributed by atoms with Crippen LogP contribution in [0.15, 0.2) is 24.5 Å². The molecule has 0 atom stereocenters. The molecule has 0 aliphatic carbocycles. The number of aromatic nitrogens is 2. The highest BCUT2D eigenvalue weighted by Crippen LogP contribution is 2.15. The van der Waals surface area contributed by atoms with E-state index in [2.05, 4.69) is 15.3 Å². The molecule has 0 unspecified atom stereocenters. The van der Waals surface area contributed by atoms with Crippen LogP contribution in [0.5, 0.6) is 0 Å². The van der Waals surface area contributed by atoms with Crippen molar-refractivity contribution >= 4 is 22.9 Å². The van der Waals surface area contributed by atoms with Crippen LogP contribution in [0.3, 0.4) is 0 Å². The van der Waals surface area contributed by atoms with Gasteiger partial charge in [-0.2, -0.15) is 0 Å². The minimum absolute atomic E-state index is 0.0513. The molecule has 2 aromatic heterocycles. The smallest absolute Gasteiger partial charge is 0.303 e. The van der Waals surface area contributed by atoms with Crippen LogP contribution in [0.4, 0.5) is 0 Å². The summed E-state index contributed by atoms with van der Waals surface area (Å²) in [5.74, 6) is -1.08. The Labute approximate surface area is 103 Å². The fourth-order valence-electron chi connectivity index (χ4n) is 1.68. The van der Waals surface area contributed by atoms with Crippen molar-refractivity contribution in [2.24, 2.45) is 0 Å². The van der Waals surface area contributed by atoms with Gasteiger partial charge in [-0.05, 0) is 18.6 Å². The minimum Gasteiger partial charge on any atom is -0.481 e. The number of H-pyrrole nitrogens is 1. The van der Waals surface area contributed by atoms with Crippen molar-refractivity contribution in [1.82, 2.24) is 15.3 Å². The predicted molar refractivity (Wildman–Crippen MR) is 65.3 cm³/mol. The van der Waals surface area contributed by atoms with Crippen molar-refractivity contribution in [2.75, 3.05) is 6.54 Å². The Bertz CT molecular complexity index is 577. The van der Waals surface area contributed by atoms with Crippen molar-refractivity contribution in [3.05, 3.63) is 30.1 Å². The maximum Gasteiger partial charge on any atom is 0.303 e. The number of nitrogens with zero attached hydrogens (tertiary/aromatic N) is 1. The molecule has 0 aromatic carbocycles. The highest BCUT2D eigenvalue weighted by molar-refractivity contribution is 6.05. The summed E-state index contributed by atoms with van der Waals surface area (Å²) in [5.41, 5.74) is 1.18. The lowest BCUT2D eigenvalue weighted by molar-refractivity contribution is -0.137. The first kappa shape index (κ1) is 12.1. The number of amides is 1. The van der Waals surface area contributed by atoms with E-state index in [9.17, 15) is 9.59 Å². The number of carbonyl (C=O) groups is 2. The van der Waals surface area contributed by atoms with E-state index in [0.717, 1.165) is 5.39 Å². The Morgan fingerprint density at radius 3 is 3.06 bits per heavy atom. The summed E-state index contributed by atoms with van der Waals surface area (Å²) in [4.78, 5) is 29.2. The van der Waals surface area contributed by atoms with Crippen LogP contribution in [-0.4, -0.2) is 33.5 Å². The Hall–Kier alpha value is -2.37. The zero-order valence-corrected chi connectivity index (χ0v) is 9.64. The Morgan fingerprint density at radius 2 is 2.28 bits per heavy atom. The second-order valence-corrected chi connectivity index (χ2v) is 3.86. The predicted octanol–water partition coefficient (Wildman–Crippen LogP) is 1.16. The van der Waals surface area contributed by atoms with Crippen molar-refractivity contribution in [2.45, 2.75) is 12.8 Å². The van der Waals surface area contributed by atoms with Gasteiger partial charge < -0.3 is 15.4 Å². The average Bonchev–Trinajstić information content (AvgIpc) is 2.78. The lowest BCUT2D eigenvalue weighted by atomic mass is 10.2. The number of rotatable bonds is 5. The Balaban J connectivity index is 1.99. The quantitative estimate of drug-likeness (QED) is 0.691. The summed E-state index contributed by atoms with van der Waals surface area (Å²) >= 11 is 0. The summed E-state index contributed by atoms with van der Waals surface area (Å²) in [5, 5.41) is 11.9. The number of carboxylic acid groups (broad SMARTS) is 1. The van der Waals surface area contributed by atoms with E-state index in [1.807, 2.05) is 6.07 Å². The SMILES string of the molecule is O=C(O)CCCNC(=O)c1c[nH]c2ncccc12. The van der Waals surface area contributed by atoms with Gasteiger partial charge in [-0.25, -0.2) is 4.98 Å². The van der Waals surface area contributed by atoms with Crippen LogP contribution in [-0.2, 0) is 4.79 Å². The molecule has 0 saturated heterocycles. The molecular formula is C12H13N3O3. The van der Waals surface area contributed by atoms with Gasteiger partial charge in [0.15, 0.2) is 0 Å². The molecular weight excluding hydrogens is 234 g/mol. The second-order valence-electron chi connectivity index (χ2n) is 3.86. The second kappa shape index (κ2) is 5.31. The molecule has 0 fully saturated rings. The van der Waals surface area contributed by atoms with Crippen molar-refractivity contribution in [1.29, 1.82) is 0 Å². The Morgan fingerprint density at radius 1 is 1.44 bits per heavy atom. The van der Waals surface area contributed by atoms with Crippen LogP contribution in [0.25, 0.3) is 11.0 Å². The summed E-state index contributed by atoms with van der Waals surface area (Å²) < 4.78 is 0. The van der Waals surface area contributed by atoms with Gasteiger partial charge in [-0.15, -0.1) is 0 Å². The molecule has 18 heavy (non-hydrogen) atoms. The van der Waals surface area contributed by atoms with E-state index < -0.39 is 5.97 Å². The molecule has 0 aliphatic heterocycles. The number of hydrogen-bond donors (Lipinski definition) is 3. The fraction of sp³-hybridized carbons (Fsp3) is 0.250. The highest BCUT2D eigenvalue weighted by Gasteiger charge is 2.11. The maximum absolute atomic E-state index is 11.9. The largest absolute Gasteiger partial charge is 0.481 e. The van der Waals surface area contributed by atoms with Crippen LogP contribution in [0, 0.1) is 0 Å². The highest BCUT2D eigenvalue weighted by atomic mass is 16.4. The van der Waals surface area contributed by atoms with Crippen LogP contribution in [0.1, 0.15) is 23.2 Å². The number of carboxylic acids is 1. The zero-order valence-electron chi connectivity index (χ0n) is 9.64. The number of fused-ring (bicyclic) bond motifs is 1. The van der Waals surface area contributed by atoms with Crippen LogP contribution >= 0.6 is 0 Å².